The van der Waals surface area contributed by atoms with Gasteiger partial charge in [-0.2, -0.15) is 0 Å². The maximum Gasteiger partial charge on any atom is 0.259 e. The second-order valence-electron chi connectivity index (χ2n) is 5.12. The van der Waals surface area contributed by atoms with Crippen molar-refractivity contribution in [1.82, 2.24) is 15.5 Å². The lowest BCUT2D eigenvalue weighted by molar-refractivity contribution is 0.0938. The summed E-state index contributed by atoms with van der Waals surface area (Å²) in [6.45, 7) is 2.68. The molecule has 0 bridgehead atoms. The predicted molar refractivity (Wildman–Crippen MR) is 86.2 cm³/mol. The summed E-state index contributed by atoms with van der Waals surface area (Å²) in [5.41, 5.74) is 3.09. The fraction of sp³-hybridized carbons (Fsp3) is 0.235. The highest BCUT2D eigenvalue weighted by molar-refractivity contribution is 6.06. The van der Waals surface area contributed by atoms with E-state index in [1.165, 1.54) is 0 Å². The average Bonchev–Trinajstić information content (AvgIpc) is 2.96. The topological polar surface area (TPSA) is 77.2 Å². The summed E-state index contributed by atoms with van der Waals surface area (Å²) in [6, 6.07) is 11.4. The number of aromatic nitrogens is 2. The fourth-order valence-electron chi connectivity index (χ4n) is 2.39. The summed E-state index contributed by atoms with van der Waals surface area (Å²) in [4.78, 5) is 17.0. The van der Waals surface area contributed by atoms with Crippen molar-refractivity contribution in [2.45, 2.75) is 6.92 Å². The maximum absolute atomic E-state index is 12.5. The molecule has 1 amide bonds. The number of nitrogens with one attached hydrogen (secondary N) is 1. The zero-order chi connectivity index (χ0) is 16.2. The summed E-state index contributed by atoms with van der Waals surface area (Å²) in [6.07, 6.45) is 0. The lowest BCUT2D eigenvalue weighted by atomic mass is 10.1. The van der Waals surface area contributed by atoms with Gasteiger partial charge in [-0.1, -0.05) is 35.5 Å². The molecular formula is C17H17N3O3. The van der Waals surface area contributed by atoms with E-state index >= 15 is 0 Å². The molecule has 1 N–H and O–H groups in total. The molecule has 3 aromatic rings. The van der Waals surface area contributed by atoms with E-state index in [1.807, 2.05) is 30.3 Å². The quantitative estimate of drug-likeness (QED) is 0.733. The van der Waals surface area contributed by atoms with Crippen LogP contribution < -0.4 is 5.32 Å². The van der Waals surface area contributed by atoms with Crippen molar-refractivity contribution in [3.05, 3.63) is 47.7 Å². The monoisotopic (exact) mass is 311 g/mol. The van der Waals surface area contributed by atoms with Crippen LogP contribution in [0.15, 0.2) is 40.9 Å². The SMILES string of the molecule is COCCNC(=O)c1cc(-c2ccccc2)nc2onc(C)c12. The minimum atomic E-state index is -0.196. The van der Waals surface area contributed by atoms with Crippen molar-refractivity contribution >= 4 is 17.0 Å². The van der Waals surface area contributed by atoms with Crippen LogP contribution in [0.5, 0.6) is 0 Å². The van der Waals surface area contributed by atoms with E-state index in [4.69, 9.17) is 9.26 Å². The zero-order valence-electron chi connectivity index (χ0n) is 13.0. The Bertz CT molecular complexity index is 828. The summed E-state index contributed by atoms with van der Waals surface area (Å²) in [5, 5.41) is 7.39. The van der Waals surface area contributed by atoms with Crippen LogP contribution in [0.4, 0.5) is 0 Å². The number of rotatable bonds is 5. The molecule has 23 heavy (non-hydrogen) atoms. The van der Waals surface area contributed by atoms with Gasteiger partial charge in [0, 0.05) is 19.2 Å². The van der Waals surface area contributed by atoms with E-state index in [1.54, 1.807) is 20.1 Å². The highest BCUT2D eigenvalue weighted by Crippen LogP contribution is 2.26. The van der Waals surface area contributed by atoms with E-state index in [0.29, 0.717) is 41.2 Å². The number of benzene rings is 1. The number of pyridine rings is 1. The molecule has 2 heterocycles. The van der Waals surface area contributed by atoms with Crippen LogP contribution in [-0.2, 0) is 4.74 Å². The van der Waals surface area contributed by atoms with Gasteiger partial charge in [0.1, 0.15) is 0 Å². The first-order chi connectivity index (χ1) is 11.2. The third-order valence-corrected chi connectivity index (χ3v) is 3.52. The molecule has 1 aromatic carbocycles. The molecule has 0 aliphatic carbocycles. The third-order valence-electron chi connectivity index (χ3n) is 3.52. The molecule has 0 saturated carbocycles. The number of nitrogens with zero attached hydrogens (tertiary/aromatic N) is 2. The Kier molecular flexibility index (Phi) is 4.34. The second kappa shape index (κ2) is 6.58. The van der Waals surface area contributed by atoms with Crippen LogP contribution in [0.3, 0.4) is 0 Å². The maximum atomic E-state index is 12.5. The lowest BCUT2D eigenvalue weighted by Gasteiger charge is -2.08. The van der Waals surface area contributed by atoms with Gasteiger partial charge in [-0.15, -0.1) is 0 Å². The molecule has 0 spiro atoms. The molecule has 6 heteroatoms. The van der Waals surface area contributed by atoms with Crippen molar-refractivity contribution < 1.29 is 14.1 Å². The molecule has 2 aromatic heterocycles. The Morgan fingerprint density at radius 3 is 2.83 bits per heavy atom. The van der Waals surface area contributed by atoms with Crippen molar-refractivity contribution in [3.63, 3.8) is 0 Å². The van der Waals surface area contributed by atoms with E-state index in [2.05, 4.69) is 15.5 Å². The molecule has 3 rings (SSSR count). The average molecular weight is 311 g/mol. The first-order valence-electron chi connectivity index (χ1n) is 7.30. The first kappa shape index (κ1) is 15.2. The summed E-state index contributed by atoms with van der Waals surface area (Å²) in [5.74, 6) is -0.196. The minimum absolute atomic E-state index is 0.196. The molecule has 0 fully saturated rings. The molecule has 118 valence electrons. The fourth-order valence-corrected chi connectivity index (χ4v) is 2.39. The van der Waals surface area contributed by atoms with Crippen LogP contribution in [0.2, 0.25) is 0 Å². The number of ether oxygens (including phenoxy) is 1. The van der Waals surface area contributed by atoms with Crippen molar-refractivity contribution in [2.75, 3.05) is 20.3 Å². The Labute approximate surface area is 133 Å². The highest BCUT2D eigenvalue weighted by atomic mass is 16.5. The number of hydrogen-bond acceptors (Lipinski definition) is 5. The highest BCUT2D eigenvalue weighted by Gasteiger charge is 2.19. The standard InChI is InChI=1S/C17H17N3O3/c1-11-15-13(16(21)18-8-9-22-2)10-14(19-17(15)23-20-11)12-6-4-3-5-7-12/h3-7,10H,8-9H2,1-2H3,(H,18,21). The van der Waals surface area contributed by atoms with Crippen LogP contribution in [0.1, 0.15) is 16.1 Å². The molecule has 0 aliphatic rings. The number of methoxy groups -OCH3 is 1. The number of aryl methyl sites for hydroxylation is 1. The summed E-state index contributed by atoms with van der Waals surface area (Å²) < 4.78 is 10.2. The molecule has 0 unspecified atom stereocenters. The van der Waals surface area contributed by atoms with E-state index in [0.717, 1.165) is 5.56 Å². The zero-order valence-corrected chi connectivity index (χ0v) is 13.0. The number of hydrogen-bond donors (Lipinski definition) is 1. The second-order valence-corrected chi connectivity index (χ2v) is 5.12. The smallest absolute Gasteiger partial charge is 0.259 e. The van der Waals surface area contributed by atoms with E-state index in [-0.39, 0.29) is 5.91 Å². The Balaban J connectivity index is 2.07. The molecule has 0 aliphatic heterocycles. The van der Waals surface area contributed by atoms with Crippen LogP contribution in [-0.4, -0.2) is 36.3 Å². The number of amides is 1. The van der Waals surface area contributed by atoms with Gasteiger partial charge in [0.05, 0.1) is 28.9 Å². The van der Waals surface area contributed by atoms with Crippen LogP contribution in [0.25, 0.3) is 22.4 Å². The Morgan fingerprint density at radius 1 is 1.30 bits per heavy atom. The van der Waals surface area contributed by atoms with Gasteiger partial charge in [0.2, 0.25) is 0 Å². The van der Waals surface area contributed by atoms with Gasteiger partial charge in [-0.3, -0.25) is 4.79 Å². The van der Waals surface area contributed by atoms with Crippen molar-refractivity contribution in [1.29, 1.82) is 0 Å². The van der Waals surface area contributed by atoms with E-state index in [9.17, 15) is 4.79 Å². The van der Waals surface area contributed by atoms with Crippen molar-refractivity contribution in [2.24, 2.45) is 0 Å². The lowest BCUT2D eigenvalue weighted by Crippen LogP contribution is -2.27. The third kappa shape index (κ3) is 3.07. The van der Waals surface area contributed by atoms with Gasteiger partial charge in [0.15, 0.2) is 0 Å². The number of fused-ring (bicyclic) bond motifs is 1. The van der Waals surface area contributed by atoms with Gasteiger partial charge >= 0.3 is 0 Å². The Morgan fingerprint density at radius 2 is 2.09 bits per heavy atom. The van der Waals surface area contributed by atoms with Gasteiger partial charge in [0.25, 0.3) is 11.6 Å². The molecule has 0 radical (unpaired) electrons. The molecule has 6 nitrogen and oxygen atoms in total. The number of carbonyl (C=O) groups excluding carboxylic acids is 1. The molecule has 0 saturated heterocycles. The van der Waals surface area contributed by atoms with Crippen LogP contribution in [0, 0.1) is 6.92 Å². The first-order valence-corrected chi connectivity index (χ1v) is 7.30. The predicted octanol–water partition coefficient (Wildman–Crippen LogP) is 2.57. The normalized spacial score (nSPS) is 10.9. The van der Waals surface area contributed by atoms with Crippen molar-refractivity contribution in [3.8, 4) is 11.3 Å². The Hall–Kier alpha value is -2.73. The van der Waals surface area contributed by atoms with Gasteiger partial charge < -0.3 is 14.6 Å². The summed E-state index contributed by atoms with van der Waals surface area (Å²) in [7, 11) is 1.59. The number of carbonyl (C=O) groups is 1. The van der Waals surface area contributed by atoms with E-state index < -0.39 is 0 Å². The summed E-state index contributed by atoms with van der Waals surface area (Å²) >= 11 is 0. The molecule has 0 atom stereocenters. The molecular weight excluding hydrogens is 294 g/mol. The van der Waals surface area contributed by atoms with Gasteiger partial charge in [-0.25, -0.2) is 4.98 Å². The van der Waals surface area contributed by atoms with Crippen LogP contribution >= 0.6 is 0 Å². The minimum Gasteiger partial charge on any atom is -0.383 e. The van der Waals surface area contributed by atoms with Gasteiger partial charge in [-0.05, 0) is 13.0 Å². The largest absolute Gasteiger partial charge is 0.383 e.